The van der Waals surface area contributed by atoms with Crippen molar-refractivity contribution in [3.8, 4) is 5.75 Å². The Labute approximate surface area is 201 Å². The number of ether oxygens (including phenoxy) is 1. The summed E-state index contributed by atoms with van der Waals surface area (Å²) in [5.41, 5.74) is 1.41. The van der Waals surface area contributed by atoms with Gasteiger partial charge in [-0.1, -0.05) is 0 Å². The Morgan fingerprint density at radius 2 is 1.60 bits per heavy atom. The van der Waals surface area contributed by atoms with E-state index in [2.05, 4.69) is 30.5 Å². The standard InChI is InChI=1S/C21H25N7O6S/c1-14-22-20(25-21(23-14)28(9-11-29)10-12-30)24-18-8-5-16(13-19(18)34-2)27-26-15-3-6-17(7-4-15)35(31,32)33/h3-8,13,29-30H,9-12H2,1-2H3,(H,31,32,33)(H,22,23,24,25). The Balaban J connectivity index is 1.80. The topological polar surface area (TPSA) is 183 Å². The van der Waals surface area contributed by atoms with Crippen LogP contribution >= 0.6 is 0 Å². The average Bonchev–Trinajstić information content (AvgIpc) is 2.82. The summed E-state index contributed by atoms with van der Waals surface area (Å²) in [4.78, 5) is 14.3. The van der Waals surface area contributed by atoms with Crippen LogP contribution in [-0.4, -0.2) is 71.5 Å². The molecule has 0 amide bonds. The van der Waals surface area contributed by atoms with Crippen molar-refractivity contribution in [2.24, 2.45) is 10.2 Å². The van der Waals surface area contributed by atoms with Crippen LogP contribution < -0.4 is 15.0 Å². The molecule has 35 heavy (non-hydrogen) atoms. The fourth-order valence-electron chi connectivity index (χ4n) is 2.98. The van der Waals surface area contributed by atoms with Gasteiger partial charge in [-0.05, 0) is 43.3 Å². The highest BCUT2D eigenvalue weighted by Crippen LogP contribution is 2.32. The zero-order chi connectivity index (χ0) is 25.4. The van der Waals surface area contributed by atoms with Gasteiger partial charge in [-0.3, -0.25) is 4.55 Å². The van der Waals surface area contributed by atoms with Gasteiger partial charge in [0.1, 0.15) is 11.6 Å². The summed E-state index contributed by atoms with van der Waals surface area (Å²) in [7, 11) is -2.79. The van der Waals surface area contributed by atoms with Crippen LogP contribution in [0, 0.1) is 6.92 Å². The predicted molar refractivity (Wildman–Crippen MR) is 128 cm³/mol. The van der Waals surface area contributed by atoms with Gasteiger partial charge in [-0.25, -0.2) is 0 Å². The number of aryl methyl sites for hydroxylation is 1. The van der Waals surface area contributed by atoms with E-state index in [9.17, 15) is 18.6 Å². The molecule has 0 fully saturated rings. The van der Waals surface area contributed by atoms with E-state index in [1.807, 2.05) is 0 Å². The molecule has 3 aromatic rings. The summed E-state index contributed by atoms with van der Waals surface area (Å²) in [6.07, 6.45) is 0. The third-order valence-corrected chi connectivity index (χ3v) is 5.47. The number of aromatic nitrogens is 3. The molecule has 0 radical (unpaired) electrons. The zero-order valence-electron chi connectivity index (χ0n) is 19.0. The fraction of sp³-hybridized carbons (Fsp3) is 0.286. The van der Waals surface area contributed by atoms with Gasteiger partial charge in [0.2, 0.25) is 11.9 Å². The van der Waals surface area contributed by atoms with E-state index in [0.29, 0.717) is 34.6 Å². The van der Waals surface area contributed by atoms with Gasteiger partial charge in [-0.15, -0.1) is 0 Å². The SMILES string of the molecule is COc1cc(N=Nc2ccc(S(=O)(=O)O)cc2)ccc1Nc1nc(C)nc(N(CCO)CCO)n1. The molecule has 0 aliphatic carbocycles. The Morgan fingerprint density at radius 1 is 0.971 bits per heavy atom. The molecule has 0 saturated heterocycles. The molecule has 14 heteroatoms. The van der Waals surface area contributed by atoms with Crippen LogP contribution in [0.4, 0.5) is 29.0 Å². The first-order chi connectivity index (χ1) is 16.7. The molecule has 2 aromatic carbocycles. The lowest BCUT2D eigenvalue weighted by Crippen LogP contribution is -2.31. The van der Waals surface area contributed by atoms with E-state index >= 15 is 0 Å². The number of hydrogen-bond acceptors (Lipinski definition) is 12. The fourth-order valence-corrected chi connectivity index (χ4v) is 3.46. The molecule has 0 atom stereocenters. The Bertz CT molecular complexity index is 1280. The van der Waals surface area contributed by atoms with Crippen molar-refractivity contribution in [3.63, 3.8) is 0 Å². The number of aliphatic hydroxyl groups excluding tert-OH is 2. The third-order valence-electron chi connectivity index (χ3n) is 4.61. The smallest absolute Gasteiger partial charge is 0.294 e. The average molecular weight is 504 g/mol. The van der Waals surface area contributed by atoms with E-state index in [1.54, 1.807) is 30.0 Å². The lowest BCUT2D eigenvalue weighted by atomic mass is 10.2. The molecule has 0 bridgehead atoms. The highest BCUT2D eigenvalue weighted by atomic mass is 32.2. The maximum atomic E-state index is 11.1. The van der Waals surface area contributed by atoms with E-state index in [0.717, 1.165) is 0 Å². The number of nitrogens with zero attached hydrogens (tertiary/aromatic N) is 6. The summed E-state index contributed by atoms with van der Waals surface area (Å²) in [6, 6.07) is 10.3. The number of benzene rings is 2. The molecule has 186 valence electrons. The Morgan fingerprint density at radius 3 is 2.20 bits per heavy atom. The monoisotopic (exact) mass is 503 g/mol. The number of aliphatic hydroxyl groups is 2. The lowest BCUT2D eigenvalue weighted by molar-refractivity contribution is 0.280. The zero-order valence-corrected chi connectivity index (χ0v) is 19.8. The molecule has 0 aliphatic heterocycles. The summed E-state index contributed by atoms with van der Waals surface area (Å²) < 4.78 is 36.8. The summed E-state index contributed by atoms with van der Waals surface area (Å²) in [6.45, 7) is 1.97. The van der Waals surface area contributed by atoms with Crippen molar-refractivity contribution in [1.29, 1.82) is 0 Å². The largest absolute Gasteiger partial charge is 0.494 e. The first-order valence-electron chi connectivity index (χ1n) is 10.4. The van der Waals surface area contributed by atoms with E-state index in [-0.39, 0.29) is 37.1 Å². The Kier molecular flexibility index (Phi) is 8.59. The molecule has 0 aliphatic rings. The van der Waals surface area contributed by atoms with Crippen molar-refractivity contribution < 1.29 is 27.9 Å². The molecule has 3 rings (SSSR count). The van der Waals surface area contributed by atoms with Crippen LogP contribution in [0.25, 0.3) is 0 Å². The molecule has 13 nitrogen and oxygen atoms in total. The van der Waals surface area contributed by atoms with Gasteiger partial charge in [-0.2, -0.15) is 33.6 Å². The Hall–Kier alpha value is -3.72. The van der Waals surface area contributed by atoms with Crippen LogP contribution in [0.5, 0.6) is 5.75 Å². The number of anilines is 3. The number of hydrogen-bond donors (Lipinski definition) is 4. The molecular weight excluding hydrogens is 478 g/mol. The molecule has 0 spiro atoms. The van der Waals surface area contributed by atoms with Gasteiger partial charge < -0.3 is 25.2 Å². The van der Waals surface area contributed by atoms with Crippen molar-refractivity contribution in [1.82, 2.24) is 15.0 Å². The minimum atomic E-state index is -4.28. The minimum Gasteiger partial charge on any atom is -0.494 e. The van der Waals surface area contributed by atoms with E-state index in [4.69, 9.17) is 9.29 Å². The van der Waals surface area contributed by atoms with Crippen molar-refractivity contribution >= 4 is 39.1 Å². The number of azo groups is 1. The highest BCUT2D eigenvalue weighted by Gasteiger charge is 2.14. The van der Waals surface area contributed by atoms with Gasteiger partial charge >= 0.3 is 0 Å². The van der Waals surface area contributed by atoms with Crippen LogP contribution in [-0.2, 0) is 10.1 Å². The number of rotatable bonds is 11. The minimum absolute atomic E-state index is 0.123. The molecule has 0 saturated carbocycles. The lowest BCUT2D eigenvalue weighted by Gasteiger charge is -2.21. The maximum absolute atomic E-state index is 11.1. The van der Waals surface area contributed by atoms with Crippen LogP contribution in [0.2, 0.25) is 0 Å². The third kappa shape index (κ3) is 7.13. The van der Waals surface area contributed by atoms with Crippen LogP contribution in [0.3, 0.4) is 0 Å². The van der Waals surface area contributed by atoms with Gasteiger partial charge in [0.15, 0.2) is 0 Å². The normalized spacial score (nSPS) is 11.6. The molecule has 1 heterocycles. The first-order valence-corrected chi connectivity index (χ1v) is 11.8. The summed E-state index contributed by atoms with van der Waals surface area (Å²) in [5, 5.41) is 29.8. The first kappa shape index (κ1) is 25.9. The van der Waals surface area contributed by atoms with Crippen LogP contribution in [0.15, 0.2) is 57.6 Å². The molecule has 0 unspecified atom stereocenters. The van der Waals surface area contributed by atoms with E-state index in [1.165, 1.54) is 31.4 Å². The predicted octanol–water partition coefficient (Wildman–Crippen LogP) is 2.39. The van der Waals surface area contributed by atoms with Gasteiger partial charge in [0.05, 0.1) is 42.3 Å². The molecule has 1 aromatic heterocycles. The number of methoxy groups -OCH3 is 1. The quantitative estimate of drug-likeness (QED) is 0.222. The van der Waals surface area contributed by atoms with Gasteiger partial charge in [0.25, 0.3) is 10.1 Å². The molecular formula is C21H25N7O6S. The summed E-state index contributed by atoms with van der Waals surface area (Å²) >= 11 is 0. The van der Waals surface area contributed by atoms with Crippen molar-refractivity contribution in [2.75, 3.05) is 43.6 Å². The second-order valence-electron chi connectivity index (χ2n) is 7.12. The molecule has 4 N–H and O–H groups in total. The number of nitrogens with one attached hydrogen (secondary N) is 1. The van der Waals surface area contributed by atoms with Gasteiger partial charge in [0, 0.05) is 19.2 Å². The second kappa shape index (κ2) is 11.6. The van der Waals surface area contributed by atoms with Crippen molar-refractivity contribution in [3.05, 3.63) is 48.3 Å². The second-order valence-corrected chi connectivity index (χ2v) is 8.54. The summed E-state index contributed by atoms with van der Waals surface area (Å²) in [5.74, 6) is 1.45. The highest BCUT2D eigenvalue weighted by molar-refractivity contribution is 7.85. The van der Waals surface area contributed by atoms with E-state index < -0.39 is 10.1 Å². The van der Waals surface area contributed by atoms with Crippen LogP contribution in [0.1, 0.15) is 5.82 Å². The maximum Gasteiger partial charge on any atom is 0.294 e. The van der Waals surface area contributed by atoms with Crippen molar-refractivity contribution in [2.45, 2.75) is 11.8 Å².